The first-order valence-corrected chi connectivity index (χ1v) is 17.3. The summed E-state index contributed by atoms with van der Waals surface area (Å²) < 4.78 is 5.27. The number of hydrogen-bond donors (Lipinski definition) is 3. The molecular weight excluding hydrogens is 660 g/mol. The number of likely N-dealkylation sites (N-methyl/N-ethyl adjacent to an activating group) is 1. The summed E-state index contributed by atoms with van der Waals surface area (Å²) in [5.41, 5.74) is 4.68. The summed E-state index contributed by atoms with van der Waals surface area (Å²) >= 11 is 3.30. The number of halogens is 1. The number of aromatic amines is 1. The number of carbonyl (C=O) groups excluding carboxylic acids is 2. The number of H-pyrrole nitrogens is 1. The number of alkyl halides is 1. The highest BCUT2D eigenvalue weighted by Gasteiger charge is 2.21. The van der Waals surface area contributed by atoms with E-state index in [1.165, 1.54) is 0 Å². The molecule has 250 valence electrons. The second-order valence-corrected chi connectivity index (χ2v) is 11.6. The zero-order valence-electron chi connectivity index (χ0n) is 27.6. The van der Waals surface area contributed by atoms with E-state index >= 15 is 0 Å². The van der Waals surface area contributed by atoms with Crippen molar-refractivity contribution in [3.05, 3.63) is 78.4 Å². The van der Waals surface area contributed by atoms with Gasteiger partial charge in [0, 0.05) is 62.2 Å². The Labute approximate surface area is 285 Å². The Morgan fingerprint density at radius 3 is 2.70 bits per heavy atom. The van der Waals surface area contributed by atoms with Gasteiger partial charge < -0.3 is 25.3 Å². The summed E-state index contributed by atoms with van der Waals surface area (Å²) in [5.74, 6) is 0.526. The average Bonchev–Trinajstić information content (AvgIpc) is 3.54. The van der Waals surface area contributed by atoms with Gasteiger partial charge in [-0.25, -0.2) is 9.97 Å². The number of anilines is 2. The molecule has 1 atom stereocenters. The number of aromatic nitrogens is 4. The lowest BCUT2D eigenvalue weighted by molar-refractivity contribution is -0.117. The molecule has 0 bridgehead atoms. The van der Waals surface area contributed by atoms with Gasteiger partial charge in [0.25, 0.3) is 5.91 Å². The molecule has 0 aliphatic carbocycles. The Morgan fingerprint density at radius 2 is 1.96 bits per heavy atom. The van der Waals surface area contributed by atoms with Crippen molar-refractivity contribution in [1.82, 2.24) is 30.2 Å². The van der Waals surface area contributed by atoms with Crippen LogP contribution in [0.15, 0.2) is 67.1 Å². The molecule has 3 aromatic heterocycles. The lowest BCUT2D eigenvalue weighted by Gasteiger charge is -2.33. The van der Waals surface area contributed by atoms with E-state index in [0.717, 1.165) is 72.7 Å². The number of methoxy groups -OCH3 is 1. The SMILES string of the molecule is CC.CCN(CCOC)c1ncnc2[nH]c(-c3ccc(NC(=O)c4cc(CN5CCCC(NC(=O)/C=C/CBr)C5)ccn4)cc3)cc12. The quantitative estimate of drug-likeness (QED) is 0.118. The van der Waals surface area contributed by atoms with E-state index in [-0.39, 0.29) is 17.9 Å². The summed E-state index contributed by atoms with van der Waals surface area (Å²) in [5, 5.41) is 7.65. The number of fused-ring (bicyclic) bond motifs is 1. The minimum Gasteiger partial charge on any atom is -0.383 e. The molecule has 1 aliphatic rings. The first-order valence-electron chi connectivity index (χ1n) is 16.2. The number of allylic oxidation sites excluding steroid dienone is 1. The summed E-state index contributed by atoms with van der Waals surface area (Å²) in [4.78, 5) is 46.4. The van der Waals surface area contributed by atoms with Crippen LogP contribution in [0.2, 0.25) is 0 Å². The second-order valence-electron chi connectivity index (χ2n) is 10.9. The van der Waals surface area contributed by atoms with Crippen molar-refractivity contribution in [2.24, 2.45) is 0 Å². The molecule has 11 nitrogen and oxygen atoms in total. The van der Waals surface area contributed by atoms with Gasteiger partial charge in [-0.05, 0) is 73.8 Å². The fourth-order valence-corrected chi connectivity index (χ4v) is 5.74. The number of nitrogens with zero attached hydrogens (tertiary/aromatic N) is 5. The van der Waals surface area contributed by atoms with E-state index in [2.05, 4.69) is 69.3 Å². The molecule has 1 saturated heterocycles. The van der Waals surface area contributed by atoms with Crippen LogP contribution in [-0.2, 0) is 16.1 Å². The lowest BCUT2D eigenvalue weighted by atomic mass is 10.0. The van der Waals surface area contributed by atoms with Gasteiger partial charge >= 0.3 is 0 Å². The molecule has 1 fully saturated rings. The zero-order valence-corrected chi connectivity index (χ0v) is 29.2. The number of amides is 2. The minimum atomic E-state index is -0.270. The maximum absolute atomic E-state index is 13.1. The van der Waals surface area contributed by atoms with Gasteiger partial charge in [-0.1, -0.05) is 48.0 Å². The molecule has 12 heteroatoms. The van der Waals surface area contributed by atoms with Crippen LogP contribution in [0, 0.1) is 0 Å². The molecule has 0 radical (unpaired) electrons. The fourth-order valence-electron chi connectivity index (χ4n) is 5.55. The molecule has 1 aliphatic heterocycles. The van der Waals surface area contributed by atoms with E-state index in [9.17, 15) is 9.59 Å². The van der Waals surface area contributed by atoms with Crippen molar-refractivity contribution in [2.45, 2.75) is 46.2 Å². The maximum Gasteiger partial charge on any atom is 0.274 e. The van der Waals surface area contributed by atoms with Crippen LogP contribution < -0.4 is 15.5 Å². The van der Waals surface area contributed by atoms with Crippen LogP contribution in [0.1, 0.15) is 49.7 Å². The smallest absolute Gasteiger partial charge is 0.274 e. The number of hydrogen-bond acceptors (Lipinski definition) is 8. The Hall–Kier alpha value is -4.13. The number of rotatable bonds is 13. The van der Waals surface area contributed by atoms with Gasteiger partial charge in [0.1, 0.15) is 23.5 Å². The predicted molar refractivity (Wildman–Crippen MR) is 192 cm³/mol. The predicted octanol–water partition coefficient (Wildman–Crippen LogP) is 5.80. The molecule has 2 amide bonds. The topological polar surface area (TPSA) is 128 Å². The first kappa shape index (κ1) is 35.7. The lowest BCUT2D eigenvalue weighted by Crippen LogP contribution is -2.47. The molecule has 0 spiro atoms. The van der Waals surface area contributed by atoms with Gasteiger partial charge in [-0.15, -0.1) is 0 Å². The van der Waals surface area contributed by atoms with Crippen molar-refractivity contribution < 1.29 is 14.3 Å². The van der Waals surface area contributed by atoms with Gasteiger partial charge in [0.05, 0.1) is 12.0 Å². The molecule has 1 unspecified atom stereocenters. The van der Waals surface area contributed by atoms with Crippen LogP contribution >= 0.6 is 15.9 Å². The minimum absolute atomic E-state index is 0.0704. The Bertz CT molecular complexity index is 1620. The molecule has 5 rings (SSSR count). The highest BCUT2D eigenvalue weighted by Crippen LogP contribution is 2.29. The Balaban J connectivity index is 0.00000245. The van der Waals surface area contributed by atoms with Crippen LogP contribution in [-0.4, -0.2) is 87.9 Å². The second kappa shape index (κ2) is 18.3. The number of nitrogens with one attached hydrogen (secondary N) is 3. The zero-order chi connectivity index (χ0) is 33.6. The normalized spacial score (nSPS) is 14.9. The van der Waals surface area contributed by atoms with E-state index in [0.29, 0.717) is 29.9 Å². The number of ether oxygens (including phenoxy) is 1. The molecular formula is C35H45BrN8O3. The van der Waals surface area contributed by atoms with Crippen molar-refractivity contribution >= 4 is 50.3 Å². The average molecular weight is 706 g/mol. The maximum atomic E-state index is 13.1. The number of likely N-dealkylation sites (tertiary alicyclic amines) is 1. The summed E-state index contributed by atoms with van der Waals surface area (Å²) in [6.45, 7) is 10.6. The fraction of sp³-hybridized carbons (Fsp3) is 0.400. The summed E-state index contributed by atoms with van der Waals surface area (Å²) in [6, 6.07) is 13.6. The van der Waals surface area contributed by atoms with E-state index in [1.807, 2.05) is 50.2 Å². The van der Waals surface area contributed by atoms with Crippen molar-refractivity contribution in [2.75, 3.05) is 55.4 Å². The molecule has 1 aromatic carbocycles. The van der Waals surface area contributed by atoms with Gasteiger partial charge in [-0.3, -0.25) is 19.5 Å². The number of piperidine rings is 1. The molecule has 4 heterocycles. The standard InChI is InChI=1S/C33H39BrN8O3.C2H6/c1-3-42(16-17-45-2)32-27-19-28(40-31(27)36-22-37-32)24-8-10-25(11-9-24)39-33(44)29-18-23(12-14-35-29)20-41-15-5-6-26(21-41)38-30(43)7-4-13-34;1-2/h4,7-12,14,18-19,22,26H,3,5-6,13,15-17,20-21H2,1-2H3,(H,38,43)(H,39,44)(H,36,37,40);1-2H3/b7-4+;. The largest absolute Gasteiger partial charge is 0.383 e. The van der Waals surface area contributed by atoms with Crippen LogP contribution in [0.3, 0.4) is 0 Å². The molecule has 47 heavy (non-hydrogen) atoms. The third-order valence-corrected chi connectivity index (χ3v) is 8.15. The number of carbonyl (C=O) groups is 2. The Morgan fingerprint density at radius 1 is 1.15 bits per heavy atom. The monoisotopic (exact) mass is 704 g/mol. The van der Waals surface area contributed by atoms with Gasteiger partial charge in [0.2, 0.25) is 5.91 Å². The summed E-state index contributed by atoms with van der Waals surface area (Å²) in [6.07, 6.45) is 8.55. The van der Waals surface area contributed by atoms with Gasteiger partial charge in [-0.2, -0.15) is 0 Å². The summed E-state index contributed by atoms with van der Waals surface area (Å²) in [7, 11) is 1.69. The van der Waals surface area contributed by atoms with Crippen molar-refractivity contribution in [3.8, 4) is 11.3 Å². The van der Waals surface area contributed by atoms with Crippen molar-refractivity contribution in [1.29, 1.82) is 0 Å². The Kier molecular flexibility index (Phi) is 13.9. The van der Waals surface area contributed by atoms with Gasteiger partial charge in [0.15, 0.2) is 0 Å². The third kappa shape index (κ3) is 9.93. The first-order chi connectivity index (χ1) is 23.0. The van der Waals surface area contributed by atoms with Crippen molar-refractivity contribution in [3.63, 3.8) is 0 Å². The van der Waals surface area contributed by atoms with Crippen LogP contribution in [0.5, 0.6) is 0 Å². The molecule has 3 N–H and O–H groups in total. The van der Waals surface area contributed by atoms with E-state index < -0.39 is 0 Å². The third-order valence-electron chi connectivity index (χ3n) is 7.78. The van der Waals surface area contributed by atoms with E-state index in [4.69, 9.17) is 4.74 Å². The highest BCUT2D eigenvalue weighted by molar-refractivity contribution is 9.09. The number of benzene rings is 1. The number of pyridine rings is 1. The highest BCUT2D eigenvalue weighted by atomic mass is 79.9. The molecule has 4 aromatic rings. The van der Waals surface area contributed by atoms with Crippen LogP contribution in [0.25, 0.3) is 22.3 Å². The van der Waals surface area contributed by atoms with Crippen LogP contribution in [0.4, 0.5) is 11.5 Å². The van der Waals surface area contributed by atoms with E-state index in [1.54, 1.807) is 31.8 Å². The molecule has 0 saturated carbocycles.